The van der Waals surface area contributed by atoms with Crippen molar-refractivity contribution in [2.45, 2.75) is 50.6 Å². The number of hydrogen-bond donors (Lipinski definition) is 1. The molecular weight excluding hydrogens is 314 g/mol. The smallest absolute Gasteiger partial charge is 0.244 e. The summed E-state index contributed by atoms with van der Waals surface area (Å²) in [5, 5.41) is 2.70. The van der Waals surface area contributed by atoms with Crippen LogP contribution in [0.4, 0.5) is 0 Å². The van der Waals surface area contributed by atoms with Crippen molar-refractivity contribution in [2.75, 3.05) is 26.2 Å². The third kappa shape index (κ3) is 3.56. The molecule has 3 fully saturated rings. The number of benzene rings is 1. The summed E-state index contributed by atoms with van der Waals surface area (Å²) >= 11 is 0. The Kier molecular flexibility index (Phi) is 4.75. The molecule has 2 saturated heterocycles. The van der Waals surface area contributed by atoms with Gasteiger partial charge in [-0.25, -0.2) is 0 Å². The molecule has 1 saturated carbocycles. The van der Waals surface area contributed by atoms with Crippen molar-refractivity contribution in [1.82, 2.24) is 15.1 Å². The maximum absolute atomic E-state index is 12.1. The normalized spacial score (nSPS) is 25.6. The van der Waals surface area contributed by atoms with E-state index in [1.54, 1.807) is 4.90 Å². The quantitative estimate of drug-likeness (QED) is 0.913. The molecule has 1 aromatic rings. The number of nitrogens with zero attached hydrogens (tertiary/aromatic N) is 2. The molecule has 0 aromatic heterocycles. The molecule has 2 aliphatic heterocycles. The molecule has 5 heteroatoms. The van der Waals surface area contributed by atoms with Gasteiger partial charge in [-0.3, -0.25) is 14.5 Å². The van der Waals surface area contributed by atoms with E-state index in [2.05, 4.69) is 34.5 Å². The molecule has 1 aliphatic carbocycles. The summed E-state index contributed by atoms with van der Waals surface area (Å²) in [6, 6.07) is 8.73. The van der Waals surface area contributed by atoms with Crippen molar-refractivity contribution >= 4 is 11.8 Å². The fourth-order valence-corrected chi connectivity index (χ4v) is 4.48. The van der Waals surface area contributed by atoms with Crippen LogP contribution in [0.25, 0.3) is 0 Å². The van der Waals surface area contributed by atoms with Gasteiger partial charge in [0.25, 0.3) is 0 Å². The number of piperazine rings is 2. The highest BCUT2D eigenvalue weighted by atomic mass is 16.2. The highest BCUT2D eigenvalue weighted by molar-refractivity contribution is 5.95. The maximum atomic E-state index is 12.1. The van der Waals surface area contributed by atoms with E-state index in [0.29, 0.717) is 13.1 Å². The zero-order valence-electron chi connectivity index (χ0n) is 14.7. The molecule has 0 radical (unpaired) electrons. The molecule has 1 N–H and O–H groups in total. The summed E-state index contributed by atoms with van der Waals surface area (Å²) in [6.07, 6.45) is 6.76. The van der Waals surface area contributed by atoms with Crippen LogP contribution in [-0.4, -0.2) is 53.8 Å². The first kappa shape index (κ1) is 16.6. The van der Waals surface area contributed by atoms with Crippen molar-refractivity contribution in [2.24, 2.45) is 0 Å². The van der Waals surface area contributed by atoms with Crippen molar-refractivity contribution in [3.8, 4) is 0 Å². The average molecular weight is 341 g/mol. The minimum absolute atomic E-state index is 0.0167. The van der Waals surface area contributed by atoms with Crippen LogP contribution in [0.3, 0.4) is 0 Å². The Morgan fingerprint density at radius 1 is 1.00 bits per heavy atom. The molecule has 0 bridgehead atoms. The number of rotatable bonds is 3. The summed E-state index contributed by atoms with van der Waals surface area (Å²) in [4.78, 5) is 28.0. The van der Waals surface area contributed by atoms with E-state index in [0.717, 1.165) is 19.0 Å². The van der Waals surface area contributed by atoms with E-state index in [9.17, 15) is 9.59 Å². The average Bonchev–Trinajstić information content (AvgIpc) is 2.66. The molecule has 0 spiro atoms. The van der Waals surface area contributed by atoms with Crippen LogP contribution in [0, 0.1) is 0 Å². The fraction of sp³-hybridized carbons (Fsp3) is 0.600. The molecule has 1 unspecified atom stereocenters. The number of carbonyl (C=O) groups excluding carboxylic acids is 2. The monoisotopic (exact) mass is 341 g/mol. The Balaban J connectivity index is 1.37. The molecule has 4 rings (SSSR count). The van der Waals surface area contributed by atoms with Gasteiger partial charge in [-0.05, 0) is 29.9 Å². The number of nitrogens with one attached hydrogen (secondary N) is 1. The van der Waals surface area contributed by atoms with Gasteiger partial charge in [0.05, 0.1) is 6.54 Å². The first-order valence-electron chi connectivity index (χ1n) is 9.59. The topological polar surface area (TPSA) is 52.7 Å². The fourth-order valence-electron chi connectivity index (χ4n) is 4.48. The van der Waals surface area contributed by atoms with E-state index in [4.69, 9.17) is 0 Å². The van der Waals surface area contributed by atoms with Gasteiger partial charge in [0.15, 0.2) is 0 Å². The van der Waals surface area contributed by atoms with Gasteiger partial charge < -0.3 is 10.2 Å². The van der Waals surface area contributed by atoms with Crippen molar-refractivity contribution in [1.29, 1.82) is 0 Å². The van der Waals surface area contributed by atoms with Gasteiger partial charge >= 0.3 is 0 Å². The minimum atomic E-state index is -0.323. The summed E-state index contributed by atoms with van der Waals surface area (Å²) in [6.45, 7) is 3.10. The van der Waals surface area contributed by atoms with E-state index in [1.807, 2.05) is 0 Å². The third-order valence-electron chi connectivity index (χ3n) is 5.96. The number of hydrogen-bond acceptors (Lipinski definition) is 3. The highest BCUT2D eigenvalue weighted by Gasteiger charge is 2.38. The van der Waals surface area contributed by atoms with Gasteiger partial charge in [0.2, 0.25) is 11.8 Å². The standard InChI is InChI=1S/C20H27N3O2/c24-19-12-21-20(25)18-14-22(10-11-23(18)19)13-15-6-8-17(9-7-15)16-4-2-1-3-5-16/h6-9,16,18H,1-5,10-14H2,(H,21,25). The zero-order chi connectivity index (χ0) is 17.2. The lowest BCUT2D eigenvalue weighted by Crippen LogP contribution is -2.65. The Hall–Kier alpha value is -1.88. The van der Waals surface area contributed by atoms with E-state index >= 15 is 0 Å². The van der Waals surface area contributed by atoms with Crippen LogP contribution in [0.15, 0.2) is 24.3 Å². The van der Waals surface area contributed by atoms with Crippen LogP contribution in [0.5, 0.6) is 0 Å². The molecule has 25 heavy (non-hydrogen) atoms. The first-order chi connectivity index (χ1) is 12.2. The van der Waals surface area contributed by atoms with Gasteiger partial charge in [-0.2, -0.15) is 0 Å². The largest absolute Gasteiger partial charge is 0.345 e. The van der Waals surface area contributed by atoms with Crippen LogP contribution >= 0.6 is 0 Å². The second-order valence-corrected chi connectivity index (χ2v) is 7.63. The molecule has 5 nitrogen and oxygen atoms in total. The third-order valence-corrected chi connectivity index (χ3v) is 5.96. The Morgan fingerprint density at radius 2 is 1.76 bits per heavy atom. The van der Waals surface area contributed by atoms with E-state index in [-0.39, 0.29) is 24.4 Å². The minimum Gasteiger partial charge on any atom is -0.345 e. The maximum Gasteiger partial charge on any atom is 0.244 e. The Bertz CT molecular complexity index is 637. The summed E-state index contributed by atoms with van der Waals surface area (Å²) in [5.74, 6) is 0.765. The second-order valence-electron chi connectivity index (χ2n) is 7.63. The lowest BCUT2D eigenvalue weighted by atomic mass is 9.84. The highest BCUT2D eigenvalue weighted by Crippen LogP contribution is 2.32. The van der Waals surface area contributed by atoms with Gasteiger partial charge in [0.1, 0.15) is 6.04 Å². The molecule has 2 amide bonds. The van der Waals surface area contributed by atoms with E-state index in [1.165, 1.54) is 43.2 Å². The SMILES string of the molecule is O=C1NCC(=O)N2CCN(Cc3ccc(C4CCCCC4)cc3)CC12. The molecule has 3 aliphatic rings. The second kappa shape index (κ2) is 7.16. The number of amides is 2. The van der Waals surface area contributed by atoms with Crippen LogP contribution < -0.4 is 5.32 Å². The van der Waals surface area contributed by atoms with Crippen LogP contribution in [-0.2, 0) is 16.1 Å². The lowest BCUT2D eigenvalue weighted by molar-refractivity contribution is -0.149. The van der Waals surface area contributed by atoms with Crippen molar-refractivity contribution in [3.05, 3.63) is 35.4 Å². The molecule has 1 aromatic carbocycles. The van der Waals surface area contributed by atoms with Crippen LogP contribution in [0.1, 0.15) is 49.1 Å². The lowest BCUT2D eigenvalue weighted by Gasteiger charge is -2.43. The summed E-state index contributed by atoms with van der Waals surface area (Å²) in [7, 11) is 0. The molecule has 134 valence electrons. The van der Waals surface area contributed by atoms with Gasteiger partial charge in [-0.15, -0.1) is 0 Å². The van der Waals surface area contributed by atoms with Crippen molar-refractivity contribution in [3.63, 3.8) is 0 Å². The van der Waals surface area contributed by atoms with Crippen molar-refractivity contribution < 1.29 is 9.59 Å². The summed E-state index contributed by atoms with van der Waals surface area (Å²) in [5.41, 5.74) is 2.76. The van der Waals surface area contributed by atoms with Gasteiger partial charge in [-0.1, -0.05) is 43.5 Å². The Labute approximate surface area is 149 Å². The van der Waals surface area contributed by atoms with Crippen LogP contribution in [0.2, 0.25) is 0 Å². The first-order valence-corrected chi connectivity index (χ1v) is 9.59. The van der Waals surface area contributed by atoms with E-state index < -0.39 is 0 Å². The Morgan fingerprint density at radius 3 is 2.52 bits per heavy atom. The van der Waals surface area contributed by atoms with Gasteiger partial charge in [0, 0.05) is 26.2 Å². The predicted molar refractivity (Wildman–Crippen MR) is 96.1 cm³/mol. The zero-order valence-corrected chi connectivity index (χ0v) is 14.7. The molecule has 1 atom stereocenters. The molecule has 2 heterocycles. The summed E-state index contributed by atoms with van der Waals surface area (Å²) < 4.78 is 0. The molecular formula is C20H27N3O2. The number of fused-ring (bicyclic) bond motifs is 1. The predicted octanol–water partition coefficient (Wildman–Crippen LogP) is 1.88. The number of carbonyl (C=O) groups is 2.